The largest absolute Gasteiger partial charge is 0.401 e. The van der Waals surface area contributed by atoms with E-state index >= 15 is 0 Å². The zero-order chi connectivity index (χ0) is 23.3. The molecule has 2 aliphatic heterocycles. The van der Waals surface area contributed by atoms with E-state index in [9.17, 15) is 18.0 Å². The van der Waals surface area contributed by atoms with E-state index in [4.69, 9.17) is 0 Å². The van der Waals surface area contributed by atoms with Gasteiger partial charge in [0.15, 0.2) is 0 Å². The summed E-state index contributed by atoms with van der Waals surface area (Å²) in [6.07, 6.45) is -1.80. The number of aromatic amines is 1. The Labute approximate surface area is 189 Å². The second kappa shape index (κ2) is 8.02. The van der Waals surface area contributed by atoms with Crippen LogP contribution in [-0.2, 0) is 6.54 Å². The lowest BCUT2D eigenvalue weighted by atomic mass is 9.97. The van der Waals surface area contributed by atoms with Crippen molar-refractivity contribution in [2.75, 3.05) is 25.0 Å². The van der Waals surface area contributed by atoms with Crippen molar-refractivity contribution in [1.82, 2.24) is 25.0 Å². The lowest BCUT2D eigenvalue weighted by Crippen LogP contribution is -2.49. The van der Waals surface area contributed by atoms with Crippen molar-refractivity contribution in [1.29, 1.82) is 0 Å². The highest BCUT2D eigenvalue weighted by molar-refractivity contribution is 6.00. The van der Waals surface area contributed by atoms with E-state index in [0.29, 0.717) is 25.2 Å². The molecule has 1 aromatic carbocycles. The van der Waals surface area contributed by atoms with Crippen LogP contribution < -0.4 is 5.32 Å². The zero-order valence-corrected chi connectivity index (χ0v) is 18.4. The molecule has 1 saturated heterocycles. The Morgan fingerprint density at radius 2 is 2.03 bits per heavy atom. The number of halogens is 3. The Kier molecular flexibility index (Phi) is 5.27. The number of urea groups is 1. The van der Waals surface area contributed by atoms with E-state index in [-0.39, 0.29) is 24.5 Å². The predicted octanol–water partition coefficient (Wildman–Crippen LogP) is 4.55. The third-order valence-corrected chi connectivity index (χ3v) is 6.61. The van der Waals surface area contributed by atoms with Gasteiger partial charge in [0, 0.05) is 48.2 Å². The van der Waals surface area contributed by atoms with E-state index in [1.165, 1.54) is 4.90 Å². The number of aryl methyl sites for hydroxylation is 1. The van der Waals surface area contributed by atoms with Crippen molar-refractivity contribution < 1.29 is 18.0 Å². The first-order valence-corrected chi connectivity index (χ1v) is 11.0. The number of hydrogen-bond acceptors (Lipinski definition) is 4. The summed E-state index contributed by atoms with van der Waals surface area (Å²) in [7, 11) is 0. The van der Waals surface area contributed by atoms with Crippen LogP contribution in [-0.4, -0.2) is 62.9 Å². The summed E-state index contributed by atoms with van der Waals surface area (Å²) in [4.78, 5) is 20.3. The van der Waals surface area contributed by atoms with Gasteiger partial charge >= 0.3 is 12.2 Å². The summed E-state index contributed by atoms with van der Waals surface area (Å²) in [5.74, 6) is -0.00680. The number of carbonyl (C=O) groups is 1. The molecule has 5 rings (SSSR count). The fraction of sp³-hybridized carbons (Fsp3) is 0.435. The summed E-state index contributed by atoms with van der Waals surface area (Å²) in [6, 6.07) is 7.19. The van der Waals surface area contributed by atoms with Gasteiger partial charge in [-0.05, 0) is 42.7 Å². The van der Waals surface area contributed by atoms with E-state index in [1.807, 2.05) is 38.1 Å². The minimum absolute atomic E-state index is 0.00680. The van der Waals surface area contributed by atoms with Gasteiger partial charge in [0.1, 0.15) is 5.69 Å². The van der Waals surface area contributed by atoms with Crippen LogP contribution in [0, 0.1) is 12.8 Å². The van der Waals surface area contributed by atoms with Crippen LogP contribution in [0.3, 0.4) is 0 Å². The second-order valence-corrected chi connectivity index (χ2v) is 8.92. The molecule has 0 spiro atoms. The number of fused-ring (bicyclic) bond motifs is 2. The quantitative estimate of drug-likeness (QED) is 0.601. The van der Waals surface area contributed by atoms with Gasteiger partial charge in [-0.15, -0.1) is 0 Å². The molecule has 4 heterocycles. The third kappa shape index (κ3) is 4.15. The number of anilines is 1. The van der Waals surface area contributed by atoms with Crippen molar-refractivity contribution in [2.45, 2.75) is 39.0 Å². The highest BCUT2D eigenvalue weighted by atomic mass is 19.4. The molecule has 7 nitrogen and oxygen atoms in total. The number of likely N-dealkylation sites (tertiary alicyclic amines) is 1. The molecule has 2 amide bonds. The number of pyridine rings is 1. The van der Waals surface area contributed by atoms with Crippen molar-refractivity contribution in [3.05, 3.63) is 41.7 Å². The Balaban J connectivity index is 1.45. The number of amides is 2. The van der Waals surface area contributed by atoms with Crippen molar-refractivity contribution in [3.63, 3.8) is 0 Å². The molecule has 1 fully saturated rings. The molecular formula is C23H25F3N6O. The molecule has 0 unspecified atom stereocenters. The molecule has 0 aliphatic carbocycles. The number of rotatable bonds is 4. The predicted molar refractivity (Wildman–Crippen MR) is 119 cm³/mol. The van der Waals surface area contributed by atoms with Crippen LogP contribution in [0.4, 0.5) is 23.7 Å². The van der Waals surface area contributed by atoms with Gasteiger partial charge in [0.25, 0.3) is 0 Å². The lowest BCUT2D eigenvalue weighted by molar-refractivity contribution is -0.144. The number of carbonyl (C=O) groups excluding carboxylic acids is 1. The average Bonchev–Trinajstić information content (AvgIpc) is 3.33. The number of nitrogens with one attached hydrogen (secondary N) is 2. The fourth-order valence-electron chi connectivity index (χ4n) is 5.06. The van der Waals surface area contributed by atoms with Crippen LogP contribution in [0.25, 0.3) is 22.2 Å². The van der Waals surface area contributed by atoms with Crippen molar-refractivity contribution >= 4 is 22.6 Å². The van der Waals surface area contributed by atoms with Gasteiger partial charge < -0.3 is 10.2 Å². The number of aromatic nitrogens is 3. The van der Waals surface area contributed by atoms with E-state index in [1.54, 1.807) is 11.1 Å². The molecule has 0 saturated carbocycles. The highest BCUT2D eigenvalue weighted by Crippen LogP contribution is 2.36. The maximum Gasteiger partial charge on any atom is 0.401 e. The standard InChI is InChI=1S/C23H25F3N6O/c1-3-14-9-31(12-23(24,25)26)11-20(14)32-10-16-7-17-19(8-18(16)28-22(32)33)29-30-21(17)15-4-5-27-13(2)6-15/h4-8,14,20H,3,9-12H2,1-2H3,(H,28,33)(H,29,30)/t14-,20-/m1/s1. The van der Waals surface area contributed by atoms with Gasteiger partial charge in [-0.1, -0.05) is 13.3 Å². The van der Waals surface area contributed by atoms with Crippen molar-refractivity contribution in [2.24, 2.45) is 5.92 Å². The Morgan fingerprint density at radius 1 is 1.21 bits per heavy atom. The SMILES string of the molecule is CC[C@@H]1CN(CC(F)(F)F)C[C@H]1N1Cc2cc3c(-c4ccnc(C)c4)n[nH]c3cc2NC1=O. The van der Waals surface area contributed by atoms with Crippen LogP contribution >= 0.6 is 0 Å². The smallest absolute Gasteiger partial charge is 0.316 e. The molecule has 0 bridgehead atoms. The number of hydrogen-bond donors (Lipinski definition) is 2. The maximum atomic E-state index is 13.0. The minimum atomic E-state index is -4.25. The highest BCUT2D eigenvalue weighted by Gasteiger charge is 2.43. The fourth-order valence-corrected chi connectivity index (χ4v) is 5.06. The topological polar surface area (TPSA) is 77.2 Å². The summed E-state index contributed by atoms with van der Waals surface area (Å²) >= 11 is 0. The first-order valence-electron chi connectivity index (χ1n) is 11.0. The monoisotopic (exact) mass is 458 g/mol. The summed E-state index contributed by atoms with van der Waals surface area (Å²) in [5.41, 5.74) is 5.04. The van der Waals surface area contributed by atoms with E-state index in [2.05, 4.69) is 20.5 Å². The summed E-state index contributed by atoms with van der Waals surface area (Å²) in [6.45, 7) is 3.83. The molecular weight excluding hydrogens is 433 g/mol. The molecule has 3 aromatic rings. The first-order chi connectivity index (χ1) is 15.7. The van der Waals surface area contributed by atoms with Crippen LogP contribution in [0.2, 0.25) is 0 Å². The Bertz CT molecular complexity index is 1210. The molecule has 2 N–H and O–H groups in total. The number of benzene rings is 1. The molecule has 33 heavy (non-hydrogen) atoms. The van der Waals surface area contributed by atoms with Gasteiger partial charge in [-0.25, -0.2) is 4.79 Å². The van der Waals surface area contributed by atoms with Gasteiger partial charge in [0.05, 0.1) is 18.1 Å². The number of alkyl halides is 3. The molecule has 174 valence electrons. The second-order valence-electron chi connectivity index (χ2n) is 8.92. The van der Waals surface area contributed by atoms with Gasteiger partial charge in [-0.3, -0.25) is 15.0 Å². The first kappa shape index (κ1) is 21.7. The minimum Gasteiger partial charge on any atom is -0.316 e. The Hall–Kier alpha value is -3.14. The maximum absolute atomic E-state index is 13.0. The molecule has 2 aromatic heterocycles. The van der Waals surface area contributed by atoms with Crippen molar-refractivity contribution in [3.8, 4) is 11.3 Å². The normalized spacial score (nSPS) is 21.5. The number of H-pyrrole nitrogens is 1. The number of nitrogens with zero attached hydrogens (tertiary/aromatic N) is 4. The molecule has 10 heteroatoms. The lowest BCUT2D eigenvalue weighted by Gasteiger charge is -2.36. The summed E-state index contributed by atoms with van der Waals surface area (Å²) in [5, 5.41) is 11.4. The van der Waals surface area contributed by atoms with Crippen LogP contribution in [0.1, 0.15) is 24.6 Å². The zero-order valence-electron chi connectivity index (χ0n) is 18.4. The average molecular weight is 458 g/mol. The van der Waals surface area contributed by atoms with Crippen LogP contribution in [0.5, 0.6) is 0 Å². The van der Waals surface area contributed by atoms with E-state index < -0.39 is 12.7 Å². The summed E-state index contributed by atoms with van der Waals surface area (Å²) < 4.78 is 38.9. The van der Waals surface area contributed by atoms with Gasteiger partial charge in [-0.2, -0.15) is 18.3 Å². The Morgan fingerprint density at radius 3 is 2.76 bits per heavy atom. The van der Waals surface area contributed by atoms with Gasteiger partial charge in [0.2, 0.25) is 0 Å². The third-order valence-electron chi connectivity index (χ3n) is 6.61. The molecule has 0 radical (unpaired) electrons. The van der Waals surface area contributed by atoms with Crippen LogP contribution in [0.15, 0.2) is 30.5 Å². The van der Waals surface area contributed by atoms with E-state index in [0.717, 1.165) is 33.4 Å². The molecule has 2 atom stereocenters. The molecule has 2 aliphatic rings.